The van der Waals surface area contributed by atoms with E-state index >= 15 is 0 Å². The lowest BCUT2D eigenvalue weighted by molar-refractivity contribution is -0.0556. The fourth-order valence-electron chi connectivity index (χ4n) is 8.58. The van der Waals surface area contributed by atoms with Crippen molar-refractivity contribution in [1.82, 2.24) is 0 Å². The second-order valence-corrected chi connectivity index (χ2v) is 11.9. The first-order chi connectivity index (χ1) is 14.8. The van der Waals surface area contributed by atoms with E-state index in [4.69, 9.17) is 0 Å². The molecule has 0 aromatic rings. The maximum Gasteiger partial charge on any atom is 0.0661 e. The normalized spacial score (nSPS) is 43.9. The lowest BCUT2D eigenvalue weighted by Gasteiger charge is -2.56. The Balaban J connectivity index is 1.60. The number of aliphatic hydroxyl groups is 3. The van der Waals surface area contributed by atoms with E-state index in [0.717, 1.165) is 25.2 Å². The molecule has 4 aliphatic rings. The zero-order valence-electron chi connectivity index (χ0n) is 20.3. The van der Waals surface area contributed by atoms with Crippen LogP contribution in [0, 0.1) is 40.4 Å². The van der Waals surface area contributed by atoms with Crippen LogP contribution in [0.1, 0.15) is 91.9 Å². The molecule has 3 saturated carbocycles. The van der Waals surface area contributed by atoms with Crippen molar-refractivity contribution in [3.8, 4) is 0 Å². The Hall–Kier alpha value is -0.640. The Morgan fingerprint density at radius 1 is 1.06 bits per heavy atom. The van der Waals surface area contributed by atoms with Crippen LogP contribution < -0.4 is 0 Å². The van der Waals surface area contributed by atoms with Gasteiger partial charge in [-0.05, 0) is 73.5 Å². The summed E-state index contributed by atoms with van der Waals surface area (Å²) in [4.78, 5) is 0. The van der Waals surface area contributed by atoms with E-state index in [-0.39, 0.29) is 5.41 Å². The van der Waals surface area contributed by atoms with Gasteiger partial charge >= 0.3 is 0 Å². The van der Waals surface area contributed by atoms with Gasteiger partial charge in [-0.15, -0.1) is 0 Å². The maximum atomic E-state index is 11.1. The van der Waals surface area contributed by atoms with Gasteiger partial charge in [0.2, 0.25) is 0 Å². The molecule has 0 amide bonds. The van der Waals surface area contributed by atoms with E-state index in [1.165, 1.54) is 44.1 Å². The lowest BCUT2D eigenvalue weighted by atomic mass is 9.49. The first kappa shape index (κ1) is 23.5. The van der Waals surface area contributed by atoms with Crippen LogP contribution in [0.2, 0.25) is 0 Å². The van der Waals surface area contributed by atoms with Crippen molar-refractivity contribution in [2.24, 2.45) is 40.4 Å². The van der Waals surface area contributed by atoms with Crippen LogP contribution in [0.25, 0.3) is 0 Å². The molecule has 31 heavy (non-hydrogen) atoms. The van der Waals surface area contributed by atoms with Crippen LogP contribution in [0.15, 0.2) is 23.3 Å². The van der Waals surface area contributed by atoms with Crippen molar-refractivity contribution in [2.75, 3.05) is 6.61 Å². The molecule has 4 aliphatic carbocycles. The zero-order chi connectivity index (χ0) is 22.4. The molecule has 3 nitrogen and oxygen atoms in total. The average Bonchev–Trinajstić information content (AvgIpc) is 3.09. The number of fused-ring (bicyclic) bond motifs is 5. The van der Waals surface area contributed by atoms with E-state index in [1.807, 2.05) is 0 Å². The Labute approximate surface area is 190 Å². The van der Waals surface area contributed by atoms with Crippen LogP contribution in [0.3, 0.4) is 0 Å². The minimum absolute atomic E-state index is 0.200. The zero-order valence-corrected chi connectivity index (χ0v) is 20.3. The van der Waals surface area contributed by atoms with Gasteiger partial charge in [0.05, 0.1) is 12.2 Å². The smallest absolute Gasteiger partial charge is 0.0661 e. The highest BCUT2D eigenvalue weighted by Gasteiger charge is 2.59. The van der Waals surface area contributed by atoms with E-state index < -0.39 is 12.2 Å². The summed E-state index contributed by atoms with van der Waals surface area (Å²) in [6, 6.07) is 0. The average molecular weight is 431 g/mol. The second kappa shape index (κ2) is 8.95. The van der Waals surface area contributed by atoms with Crippen LogP contribution in [-0.2, 0) is 0 Å². The van der Waals surface area contributed by atoms with Gasteiger partial charge in [-0.2, -0.15) is 0 Å². The van der Waals surface area contributed by atoms with Crippen molar-refractivity contribution in [2.45, 2.75) is 104 Å². The molecule has 9 atom stereocenters. The van der Waals surface area contributed by atoms with Crippen LogP contribution >= 0.6 is 0 Å². The Morgan fingerprint density at radius 3 is 2.55 bits per heavy atom. The van der Waals surface area contributed by atoms with Crippen molar-refractivity contribution < 1.29 is 15.3 Å². The standard InChI is InChI=1S/C28H46O3/c1-5-6-7-19(13-15-29)18(2)23-10-11-24-22-9-8-20-16-21(30)17-26(31)28(20,4)25(22)12-14-27(23,24)3/h8-9,18-19,21,23-26,29-31H,5-7,10-17H2,1-4H3/t18-,19+,21-,23-,24+,25+,26+,27-,28+/m1/s1. The van der Waals surface area contributed by atoms with Gasteiger partial charge < -0.3 is 15.3 Å². The second-order valence-electron chi connectivity index (χ2n) is 11.9. The molecule has 3 heteroatoms. The largest absolute Gasteiger partial charge is 0.396 e. The number of rotatable bonds is 7. The minimum Gasteiger partial charge on any atom is -0.396 e. The summed E-state index contributed by atoms with van der Waals surface area (Å²) < 4.78 is 0. The van der Waals surface area contributed by atoms with Crippen LogP contribution in [0.4, 0.5) is 0 Å². The van der Waals surface area contributed by atoms with Gasteiger partial charge in [0.25, 0.3) is 0 Å². The Morgan fingerprint density at radius 2 is 1.84 bits per heavy atom. The molecule has 0 unspecified atom stereocenters. The highest BCUT2D eigenvalue weighted by Crippen LogP contribution is 2.66. The van der Waals surface area contributed by atoms with E-state index in [2.05, 4.69) is 39.8 Å². The Bertz CT molecular complexity index is 711. The molecule has 0 radical (unpaired) electrons. The molecule has 4 rings (SSSR count). The first-order valence-electron chi connectivity index (χ1n) is 13.1. The van der Waals surface area contributed by atoms with Gasteiger partial charge in [-0.3, -0.25) is 0 Å². The molecular weight excluding hydrogens is 384 g/mol. The maximum absolute atomic E-state index is 11.1. The quantitative estimate of drug-likeness (QED) is 0.490. The number of hydrogen-bond acceptors (Lipinski definition) is 3. The highest BCUT2D eigenvalue weighted by molar-refractivity contribution is 5.40. The molecule has 0 spiro atoms. The Kier molecular flexibility index (Phi) is 6.79. The predicted molar refractivity (Wildman–Crippen MR) is 126 cm³/mol. The van der Waals surface area contributed by atoms with Gasteiger partial charge in [0.15, 0.2) is 0 Å². The lowest BCUT2D eigenvalue weighted by Crippen LogP contribution is -2.52. The van der Waals surface area contributed by atoms with Crippen molar-refractivity contribution in [1.29, 1.82) is 0 Å². The topological polar surface area (TPSA) is 60.7 Å². The number of aliphatic hydroxyl groups excluding tert-OH is 3. The fraction of sp³-hybridized carbons (Fsp3) is 0.857. The molecular formula is C28H46O3. The monoisotopic (exact) mass is 430 g/mol. The minimum atomic E-state index is -0.445. The van der Waals surface area contributed by atoms with Crippen LogP contribution in [-0.4, -0.2) is 34.1 Å². The number of hydrogen-bond donors (Lipinski definition) is 3. The third-order valence-electron chi connectivity index (χ3n) is 10.5. The summed E-state index contributed by atoms with van der Waals surface area (Å²) in [5.74, 6) is 3.06. The van der Waals surface area contributed by atoms with E-state index in [0.29, 0.717) is 42.1 Å². The first-order valence-corrected chi connectivity index (χ1v) is 13.1. The molecule has 0 heterocycles. The van der Waals surface area contributed by atoms with Crippen molar-refractivity contribution >= 4 is 0 Å². The molecule has 176 valence electrons. The SMILES string of the molecule is CCCC[C@@H](CCO)[C@@H](C)[C@H]1CC[C@H]2C3=CC=C4C[C@@H](O)C[C@H](O)[C@]4(C)[C@H]3CC[C@]12C. The number of unbranched alkanes of at least 4 members (excludes halogenated alkanes) is 1. The summed E-state index contributed by atoms with van der Waals surface area (Å²) in [6.45, 7) is 9.88. The van der Waals surface area contributed by atoms with Crippen molar-refractivity contribution in [3.63, 3.8) is 0 Å². The number of allylic oxidation sites excluding steroid dienone is 3. The van der Waals surface area contributed by atoms with Crippen LogP contribution in [0.5, 0.6) is 0 Å². The van der Waals surface area contributed by atoms with Gasteiger partial charge in [0.1, 0.15) is 0 Å². The third kappa shape index (κ3) is 3.77. The molecule has 0 aromatic carbocycles. The highest BCUT2D eigenvalue weighted by atomic mass is 16.3. The molecule has 3 fully saturated rings. The summed E-state index contributed by atoms with van der Waals surface area (Å²) in [7, 11) is 0. The third-order valence-corrected chi connectivity index (χ3v) is 10.5. The molecule has 0 saturated heterocycles. The van der Waals surface area contributed by atoms with Crippen molar-refractivity contribution in [3.05, 3.63) is 23.3 Å². The predicted octanol–water partition coefficient (Wildman–Crippen LogP) is 5.64. The summed E-state index contributed by atoms with van der Waals surface area (Å²) in [5, 5.41) is 31.0. The van der Waals surface area contributed by atoms with E-state index in [1.54, 1.807) is 5.57 Å². The molecule has 3 N–H and O–H groups in total. The van der Waals surface area contributed by atoms with E-state index in [9.17, 15) is 15.3 Å². The molecule has 0 aromatic heterocycles. The summed E-state index contributed by atoms with van der Waals surface area (Å²) >= 11 is 0. The van der Waals surface area contributed by atoms with Gasteiger partial charge in [-0.25, -0.2) is 0 Å². The molecule has 0 bridgehead atoms. The fourth-order valence-corrected chi connectivity index (χ4v) is 8.58. The summed E-state index contributed by atoms with van der Waals surface area (Å²) in [5.41, 5.74) is 3.00. The van der Waals surface area contributed by atoms with Gasteiger partial charge in [-0.1, -0.05) is 70.3 Å². The van der Waals surface area contributed by atoms with Gasteiger partial charge in [0, 0.05) is 18.4 Å². The summed E-state index contributed by atoms with van der Waals surface area (Å²) in [6.07, 6.45) is 14.7. The molecule has 0 aliphatic heterocycles.